The van der Waals surface area contributed by atoms with E-state index in [2.05, 4.69) is 32.0 Å². The van der Waals surface area contributed by atoms with Gasteiger partial charge in [0.25, 0.3) is 0 Å². The summed E-state index contributed by atoms with van der Waals surface area (Å²) in [4.78, 5) is 13.0. The predicted octanol–water partition coefficient (Wildman–Crippen LogP) is 4.92. The van der Waals surface area contributed by atoms with Gasteiger partial charge in [0.1, 0.15) is 0 Å². The van der Waals surface area contributed by atoms with Crippen LogP contribution in [-0.4, -0.2) is 6.29 Å². The number of benzene rings is 2. The highest BCUT2D eigenvalue weighted by atomic mass is 35.5. The molecule has 0 saturated heterocycles. The van der Waals surface area contributed by atoms with Gasteiger partial charge in [-0.1, -0.05) is 35.5 Å². The van der Waals surface area contributed by atoms with Crippen LogP contribution in [0.5, 0.6) is 0 Å². The van der Waals surface area contributed by atoms with Crippen LogP contribution in [0.2, 0.25) is 5.02 Å². The molecule has 0 fully saturated rings. The molecule has 18 heavy (non-hydrogen) atoms. The van der Waals surface area contributed by atoms with Crippen molar-refractivity contribution in [1.29, 1.82) is 0 Å². The molecule has 0 aliphatic heterocycles. The van der Waals surface area contributed by atoms with E-state index in [0.29, 0.717) is 10.6 Å². The van der Waals surface area contributed by atoms with Crippen LogP contribution < -0.4 is 0 Å². The summed E-state index contributed by atoms with van der Waals surface area (Å²) in [6.07, 6.45) is 0.773. The average molecular weight is 277 g/mol. The smallest absolute Gasteiger partial charge is 0.151 e. The molecular formula is C15H13ClOS. The Balaban J connectivity index is 2.31. The molecule has 0 bridgehead atoms. The molecule has 0 aliphatic rings. The molecule has 0 heterocycles. The third-order valence-corrected chi connectivity index (χ3v) is 4.15. The number of hydrogen-bond donors (Lipinski definition) is 0. The summed E-state index contributed by atoms with van der Waals surface area (Å²) < 4.78 is 0. The summed E-state index contributed by atoms with van der Waals surface area (Å²) in [6.45, 7) is 4.16. The Kier molecular flexibility index (Phi) is 4.10. The highest BCUT2D eigenvalue weighted by Crippen LogP contribution is 2.32. The van der Waals surface area contributed by atoms with E-state index in [9.17, 15) is 4.79 Å². The standard InChI is InChI=1S/C15H13ClOS/c1-10-3-4-11(2)15(7-10)18-13-6-5-12(9-17)14(16)8-13/h3-9H,1-2H3. The molecular weight excluding hydrogens is 264 g/mol. The third kappa shape index (κ3) is 2.95. The van der Waals surface area contributed by atoms with Crippen LogP contribution >= 0.6 is 23.4 Å². The fourth-order valence-electron chi connectivity index (χ4n) is 1.61. The molecule has 0 aromatic heterocycles. The first-order valence-electron chi connectivity index (χ1n) is 5.60. The molecule has 0 unspecified atom stereocenters. The van der Waals surface area contributed by atoms with Crippen LogP contribution in [0.3, 0.4) is 0 Å². The van der Waals surface area contributed by atoms with Crippen molar-refractivity contribution in [1.82, 2.24) is 0 Å². The van der Waals surface area contributed by atoms with E-state index in [-0.39, 0.29) is 0 Å². The van der Waals surface area contributed by atoms with E-state index in [4.69, 9.17) is 11.6 Å². The fraction of sp³-hybridized carbons (Fsp3) is 0.133. The first kappa shape index (κ1) is 13.2. The monoisotopic (exact) mass is 276 g/mol. The molecule has 0 radical (unpaired) electrons. The van der Waals surface area contributed by atoms with E-state index in [1.54, 1.807) is 17.8 Å². The van der Waals surface area contributed by atoms with Crippen LogP contribution in [0.25, 0.3) is 0 Å². The van der Waals surface area contributed by atoms with Gasteiger partial charge in [0, 0.05) is 15.4 Å². The maximum Gasteiger partial charge on any atom is 0.151 e. The summed E-state index contributed by atoms with van der Waals surface area (Å²) in [5.74, 6) is 0. The fourth-order valence-corrected chi connectivity index (χ4v) is 2.94. The number of carbonyl (C=O) groups is 1. The van der Waals surface area contributed by atoms with E-state index >= 15 is 0 Å². The molecule has 0 atom stereocenters. The molecule has 2 aromatic rings. The third-order valence-electron chi connectivity index (χ3n) is 2.67. The van der Waals surface area contributed by atoms with Gasteiger partial charge in [-0.25, -0.2) is 0 Å². The minimum absolute atomic E-state index is 0.500. The zero-order valence-corrected chi connectivity index (χ0v) is 11.8. The molecule has 3 heteroatoms. The normalized spacial score (nSPS) is 10.4. The van der Waals surface area contributed by atoms with Crippen molar-refractivity contribution in [2.75, 3.05) is 0 Å². The van der Waals surface area contributed by atoms with Crippen LogP contribution in [0.4, 0.5) is 0 Å². The van der Waals surface area contributed by atoms with Gasteiger partial charge < -0.3 is 0 Å². The summed E-state index contributed by atoms with van der Waals surface area (Å²) in [7, 11) is 0. The van der Waals surface area contributed by atoms with Crippen molar-refractivity contribution < 1.29 is 4.79 Å². The quantitative estimate of drug-likeness (QED) is 0.740. The number of aldehydes is 1. The summed E-state index contributed by atoms with van der Waals surface area (Å²) in [5, 5.41) is 0.500. The van der Waals surface area contributed by atoms with Crippen molar-refractivity contribution in [3.63, 3.8) is 0 Å². The van der Waals surface area contributed by atoms with Crippen LogP contribution in [0, 0.1) is 13.8 Å². The van der Waals surface area contributed by atoms with Gasteiger partial charge in [0.05, 0.1) is 5.02 Å². The number of hydrogen-bond acceptors (Lipinski definition) is 2. The highest BCUT2D eigenvalue weighted by molar-refractivity contribution is 7.99. The van der Waals surface area contributed by atoms with E-state index in [1.165, 1.54) is 16.0 Å². The molecule has 0 aliphatic carbocycles. The Bertz CT molecular complexity index is 593. The van der Waals surface area contributed by atoms with E-state index in [0.717, 1.165) is 11.2 Å². The summed E-state index contributed by atoms with van der Waals surface area (Å²) in [5.41, 5.74) is 3.00. The van der Waals surface area contributed by atoms with Crippen molar-refractivity contribution in [3.8, 4) is 0 Å². The zero-order valence-electron chi connectivity index (χ0n) is 10.2. The molecule has 0 N–H and O–H groups in total. The van der Waals surface area contributed by atoms with Gasteiger partial charge >= 0.3 is 0 Å². The Morgan fingerprint density at radius 3 is 2.56 bits per heavy atom. The lowest BCUT2D eigenvalue weighted by Crippen LogP contribution is -1.84. The minimum atomic E-state index is 0.500. The average Bonchev–Trinajstić information content (AvgIpc) is 2.34. The lowest BCUT2D eigenvalue weighted by molar-refractivity contribution is 0.112. The SMILES string of the molecule is Cc1ccc(C)c(Sc2ccc(C=O)c(Cl)c2)c1. The molecule has 0 amide bonds. The lowest BCUT2D eigenvalue weighted by atomic mass is 10.2. The van der Waals surface area contributed by atoms with Gasteiger partial charge in [-0.2, -0.15) is 0 Å². The molecule has 0 spiro atoms. The Labute approximate surface area is 116 Å². The van der Waals surface area contributed by atoms with Crippen LogP contribution in [0.15, 0.2) is 46.2 Å². The van der Waals surface area contributed by atoms with Crippen LogP contribution in [-0.2, 0) is 0 Å². The molecule has 0 saturated carbocycles. The van der Waals surface area contributed by atoms with Gasteiger partial charge in [-0.05, 0) is 49.2 Å². The first-order valence-corrected chi connectivity index (χ1v) is 6.79. The Morgan fingerprint density at radius 2 is 1.89 bits per heavy atom. The molecule has 92 valence electrons. The zero-order chi connectivity index (χ0) is 13.1. The number of carbonyl (C=O) groups excluding carboxylic acids is 1. The second kappa shape index (κ2) is 5.59. The Hall–Kier alpha value is -1.25. The van der Waals surface area contributed by atoms with E-state index in [1.807, 2.05) is 12.1 Å². The predicted molar refractivity (Wildman–Crippen MR) is 76.9 cm³/mol. The maximum atomic E-state index is 10.7. The number of rotatable bonds is 3. The largest absolute Gasteiger partial charge is 0.298 e. The van der Waals surface area contributed by atoms with Crippen molar-refractivity contribution in [2.45, 2.75) is 23.6 Å². The summed E-state index contributed by atoms with van der Waals surface area (Å²) >= 11 is 7.68. The second-order valence-corrected chi connectivity index (χ2v) is 5.69. The van der Waals surface area contributed by atoms with Gasteiger partial charge in [0.2, 0.25) is 0 Å². The van der Waals surface area contributed by atoms with Crippen LogP contribution in [0.1, 0.15) is 21.5 Å². The molecule has 2 rings (SSSR count). The Morgan fingerprint density at radius 1 is 1.11 bits per heavy atom. The first-order chi connectivity index (χ1) is 8.60. The lowest BCUT2D eigenvalue weighted by Gasteiger charge is -2.07. The van der Waals surface area contributed by atoms with Gasteiger partial charge in [-0.15, -0.1) is 0 Å². The molecule has 1 nitrogen and oxygen atoms in total. The van der Waals surface area contributed by atoms with Gasteiger partial charge in [-0.3, -0.25) is 4.79 Å². The van der Waals surface area contributed by atoms with Gasteiger partial charge in [0.15, 0.2) is 6.29 Å². The second-order valence-electron chi connectivity index (χ2n) is 4.17. The topological polar surface area (TPSA) is 17.1 Å². The van der Waals surface area contributed by atoms with Crippen molar-refractivity contribution in [2.24, 2.45) is 0 Å². The number of halogens is 1. The minimum Gasteiger partial charge on any atom is -0.298 e. The highest BCUT2D eigenvalue weighted by Gasteiger charge is 2.05. The molecule has 2 aromatic carbocycles. The number of aryl methyl sites for hydroxylation is 2. The maximum absolute atomic E-state index is 10.7. The van der Waals surface area contributed by atoms with E-state index < -0.39 is 0 Å². The summed E-state index contributed by atoms with van der Waals surface area (Å²) in [6, 6.07) is 11.9. The van der Waals surface area contributed by atoms with Crippen molar-refractivity contribution >= 4 is 29.6 Å². The van der Waals surface area contributed by atoms with Crippen molar-refractivity contribution in [3.05, 3.63) is 58.1 Å².